The van der Waals surface area contributed by atoms with Crippen LogP contribution in [0.4, 0.5) is 0 Å². The molecule has 2 aromatic rings. The Morgan fingerprint density at radius 2 is 1.95 bits per heavy atom. The summed E-state index contributed by atoms with van der Waals surface area (Å²) in [4.78, 5) is 2.79. The Morgan fingerprint density at radius 1 is 1.14 bits per heavy atom. The lowest BCUT2D eigenvalue weighted by molar-refractivity contribution is 0.395. The highest BCUT2D eigenvalue weighted by molar-refractivity contribution is 7.11. The van der Waals surface area contributed by atoms with Crippen molar-refractivity contribution < 1.29 is 9.47 Å². The van der Waals surface area contributed by atoms with Gasteiger partial charge in [-0.25, -0.2) is 0 Å². The van der Waals surface area contributed by atoms with Gasteiger partial charge in [-0.3, -0.25) is 0 Å². The lowest BCUT2D eigenvalue weighted by atomic mass is 10.1. The van der Waals surface area contributed by atoms with Crippen LogP contribution in [0.5, 0.6) is 11.5 Å². The van der Waals surface area contributed by atoms with Crippen LogP contribution in [0.2, 0.25) is 0 Å². The van der Waals surface area contributed by atoms with Crippen molar-refractivity contribution in [3.63, 3.8) is 0 Å². The van der Waals surface area contributed by atoms with Gasteiger partial charge in [-0.1, -0.05) is 0 Å². The number of benzene rings is 1. The molecule has 1 aromatic carbocycles. The van der Waals surface area contributed by atoms with Crippen LogP contribution in [0, 0.1) is 6.92 Å². The van der Waals surface area contributed by atoms with Crippen molar-refractivity contribution in [2.24, 2.45) is 0 Å². The third kappa shape index (κ3) is 4.48. The van der Waals surface area contributed by atoms with E-state index in [-0.39, 0.29) is 0 Å². The van der Waals surface area contributed by atoms with Crippen LogP contribution in [0.15, 0.2) is 30.3 Å². The van der Waals surface area contributed by atoms with Crippen molar-refractivity contribution in [1.82, 2.24) is 5.32 Å². The molecule has 0 radical (unpaired) electrons. The van der Waals surface area contributed by atoms with E-state index in [1.54, 1.807) is 14.2 Å². The average Bonchev–Trinajstić information content (AvgIpc) is 2.89. The number of hydrogen-bond acceptors (Lipinski definition) is 4. The molecular weight excluding hydrogens is 282 g/mol. The molecule has 4 heteroatoms. The fraction of sp³-hybridized carbons (Fsp3) is 0.412. The van der Waals surface area contributed by atoms with Crippen molar-refractivity contribution >= 4 is 11.3 Å². The lowest BCUT2D eigenvalue weighted by Gasteiger charge is -2.15. The van der Waals surface area contributed by atoms with Gasteiger partial charge in [-0.2, -0.15) is 0 Å². The smallest absolute Gasteiger partial charge is 0.123 e. The summed E-state index contributed by atoms with van der Waals surface area (Å²) in [5, 5.41) is 3.55. The topological polar surface area (TPSA) is 30.5 Å². The molecule has 0 spiro atoms. The Kier molecular flexibility index (Phi) is 5.65. The van der Waals surface area contributed by atoms with E-state index in [2.05, 4.69) is 31.3 Å². The Balaban J connectivity index is 1.95. The monoisotopic (exact) mass is 305 g/mol. The van der Waals surface area contributed by atoms with Crippen LogP contribution in [0.1, 0.15) is 22.2 Å². The highest BCUT2D eigenvalue weighted by Crippen LogP contribution is 2.24. The summed E-state index contributed by atoms with van der Waals surface area (Å²) in [6, 6.07) is 10.7. The average molecular weight is 305 g/mol. The van der Waals surface area contributed by atoms with Crippen LogP contribution < -0.4 is 14.8 Å². The molecule has 3 nitrogen and oxygen atoms in total. The lowest BCUT2D eigenvalue weighted by Crippen LogP contribution is -2.27. The Bertz CT molecular complexity index is 580. The summed E-state index contributed by atoms with van der Waals surface area (Å²) < 4.78 is 10.7. The molecular formula is C17H23NO2S. The number of nitrogens with one attached hydrogen (secondary N) is 1. The van der Waals surface area contributed by atoms with E-state index in [9.17, 15) is 0 Å². The second-order valence-electron chi connectivity index (χ2n) is 5.18. The molecule has 0 fully saturated rings. The molecule has 1 aromatic heterocycles. The fourth-order valence-electron chi connectivity index (χ4n) is 2.27. The molecule has 0 saturated heterocycles. The van der Waals surface area contributed by atoms with E-state index in [1.165, 1.54) is 9.75 Å². The van der Waals surface area contributed by atoms with Crippen molar-refractivity contribution in [1.29, 1.82) is 0 Å². The normalized spacial score (nSPS) is 12.2. The number of methoxy groups -OCH3 is 2. The van der Waals surface area contributed by atoms with Crippen LogP contribution in [-0.2, 0) is 13.0 Å². The predicted molar refractivity (Wildman–Crippen MR) is 88.6 cm³/mol. The maximum absolute atomic E-state index is 5.41. The molecule has 1 heterocycles. The molecule has 1 N–H and O–H groups in total. The summed E-state index contributed by atoms with van der Waals surface area (Å²) in [7, 11) is 3.38. The van der Waals surface area contributed by atoms with Crippen molar-refractivity contribution in [2.45, 2.75) is 32.9 Å². The van der Waals surface area contributed by atoms with Crippen LogP contribution in [0.3, 0.4) is 0 Å². The van der Waals surface area contributed by atoms with Gasteiger partial charge in [0.15, 0.2) is 0 Å². The molecule has 0 aliphatic rings. The number of ether oxygens (including phenoxy) is 2. The molecule has 0 saturated carbocycles. The SMILES string of the molecule is COc1ccc(OC)c(CNC(C)Cc2ccc(C)s2)c1. The second kappa shape index (κ2) is 7.48. The third-order valence-electron chi connectivity index (χ3n) is 3.43. The number of rotatable bonds is 7. The van der Waals surface area contributed by atoms with E-state index in [0.717, 1.165) is 30.0 Å². The first-order valence-corrected chi connectivity index (χ1v) is 7.93. The molecule has 2 rings (SSSR count). The Labute approximate surface area is 130 Å². The zero-order chi connectivity index (χ0) is 15.2. The molecule has 114 valence electrons. The van der Waals surface area contributed by atoms with E-state index in [0.29, 0.717) is 6.04 Å². The second-order valence-corrected chi connectivity index (χ2v) is 6.55. The van der Waals surface area contributed by atoms with Gasteiger partial charge in [0, 0.05) is 27.9 Å². The predicted octanol–water partition coefficient (Wildman–Crippen LogP) is 3.79. The van der Waals surface area contributed by atoms with Crippen molar-refractivity contribution in [3.8, 4) is 11.5 Å². The Morgan fingerprint density at radius 3 is 2.57 bits per heavy atom. The highest BCUT2D eigenvalue weighted by Gasteiger charge is 2.09. The minimum absolute atomic E-state index is 0.416. The van der Waals surface area contributed by atoms with Gasteiger partial charge in [-0.15, -0.1) is 11.3 Å². The molecule has 21 heavy (non-hydrogen) atoms. The van der Waals surface area contributed by atoms with Gasteiger partial charge in [0.05, 0.1) is 14.2 Å². The van der Waals surface area contributed by atoms with E-state index in [1.807, 2.05) is 29.5 Å². The number of hydrogen-bond donors (Lipinski definition) is 1. The first-order valence-electron chi connectivity index (χ1n) is 7.12. The summed E-state index contributed by atoms with van der Waals surface area (Å²) in [6.07, 6.45) is 1.05. The summed E-state index contributed by atoms with van der Waals surface area (Å²) >= 11 is 1.87. The van der Waals surface area contributed by atoms with Gasteiger partial charge in [-0.05, 0) is 50.6 Å². The van der Waals surface area contributed by atoms with Gasteiger partial charge < -0.3 is 14.8 Å². The van der Waals surface area contributed by atoms with Crippen molar-refractivity contribution in [3.05, 3.63) is 45.6 Å². The minimum atomic E-state index is 0.416. The molecule has 1 unspecified atom stereocenters. The molecule has 0 aliphatic heterocycles. The maximum atomic E-state index is 5.41. The molecule has 0 aliphatic carbocycles. The van der Waals surface area contributed by atoms with Gasteiger partial charge in [0.2, 0.25) is 0 Å². The van der Waals surface area contributed by atoms with Crippen LogP contribution in [0.25, 0.3) is 0 Å². The highest BCUT2D eigenvalue weighted by atomic mass is 32.1. The zero-order valence-electron chi connectivity index (χ0n) is 13.1. The quantitative estimate of drug-likeness (QED) is 0.844. The largest absolute Gasteiger partial charge is 0.497 e. The molecule has 0 bridgehead atoms. The van der Waals surface area contributed by atoms with E-state index < -0.39 is 0 Å². The zero-order valence-corrected chi connectivity index (χ0v) is 13.9. The van der Waals surface area contributed by atoms with Crippen molar-refractivity contribution in [2.75, 3.05) is 14.2 Å². The first-order chi connectivity index (χ1) is 10.1. The van der Waals surface area contributed by atoms with Gasteiger partial charge in [0.1, 0.15) is 11.5 Å². The van der Waals surface area contributed by atoms with E-state index in [4.69, 9.17) is 9.47 Å². The molecule has 0 amide bonds. The standard InChI is InChI=1S/C17H23NO2S/c1-12(9-16-7-5-13(2)21-16)18-11-14-10-15(19-3)6-8-17(14)20-4/h5-8,10,12,18H,9,11H2,1-4H3. The van der Waals surface area contributed by atoms with E-state index >= 15 is 0 Å². The van der Waals surface area contributed by atoms with Gasteiger partial charge in [0.25, 0.3) is 0 Å². The number of thiophene rings is 1. The minimum Gasteiger partial charge on any atom is -0.497 e. The summed E-state index contributed by atoms with van der Waals surface area (Å²) in [5.41, 5.74) is 1.12. The first kappa shape index (κ1) is 15.9. The van der Waals surface area contributed by atoms with Crippen LogP contribution >= 0.6 is 11.3 Å². The number of aryl methyl sites for hydroxylation is 1. The maximum Gasteiger partial charge on any atom is 0.123 e. The third-order valence-corrected chi connectivity index (χ3v) is 4.45. The fourth-order valence-corrected chi connectivity index (χ4v) is 3.29. The van der Waals surface area contributed by atoms with Crippen LogP contribution in [-0.4, -0.2) is 20.3 Å². The van der Waals surface area contributed by atoms with Gasteiger partial charge >= 0.3 is 0 Å². The Hall–Kier alpha value is -1.52. The molecule has 1 atom stereocenters. The summed E-state index contributed by atoms with van der Waals surface area (Å²) in [6.45, 7) is 5.13. The summed E-state index contributed by atoms with van der Waals surface area (Å²) in [5.74, 6) is 1.75.